The molecule has 3 nitrogen and oxygen atoms in total. The van der Waals surface area contributed by atoms with E-state index in [9.17, 15) is 0 Å². The maximum atomic E-state index is 5.22. The molecule has 0 fully saturated rings. The second-order valence-corrected chi connectivity index (χ2v) is 12.8. The molecular formula is C43H32N3-. The van der Waals surface area contributed by atoms with Gasteiger partial charge in [0.25, 0.3) is 0 Å². The molecule has 1 aliphatic carbocycles. The van der Waals surface area contributed by atoms with Crippen LogP contribution in [0.5, 0.6) is 0 Å². The lowest BCUT2D eigenvalue weighted by Gasteiger charge is -2.38. The van der Waals surface area contributed by atoms with Crippen LogP contribution in [0.2, 0.25) is 0 Å². The first kappa shape index (κ1) is 26.7. The van der Waals surface area contributed by atoms with E-state index in [0.29, 0.717) is 0 Å². The predicted octanol–water partition coefficient (Wildman–Crippen LogP) is 11.0. The zero-order chi connectivity index (χ0) is 30.8. The Morgan fingerprint density at radius 3 is 1.93 bits per heavy atom. The highest BCUT2D eigenvalue weighted by Gasteiger charge is 2.35. The molecule has 0 spiro atoms. The minimum Gasteiger partial charge on any atom is -0.659 e. The highest BCUT2D eigenvalue weighted by atomic mass is 15.1. The van der Waals surface area contributed by atoms with E-state index < -0.39 is 0 Å². The number of allylic oxidation sites excluding steroid dienone is 1. The molecule has 9 rings (SSSR count). The van der Waals surface area contributed by atoms with Gasteiger partial charge < -0.3 is 9.88 Å². The Balaban J connectivity index is 1.14. The van der Waals surface area contributed by atoms with E-state index in [1.54, 1.807) is 0 Å². The maximum Gasteiger partial charge on any atom is 0.0623 e. The smallest absolute Gasteiger partial charge is 0.0623 e. The lowest BCUT2D eigenvalue weighted by atomic mass is 9.82. The molecule has 0 amide bonds. The summed E-state index contributed by atoms with van der Waals surface area (Å²) in [5.41, 5.74) is 14.0. The average Bonchev–Trinajstić information content (AvgIpc) is 3.57. The van der Waals surface area contributed by atoms with Gasteiger partial charge in [-0.05, 0) is 63.2 Å². The van der Waals surface area contributed by atoms with Gasteiger partial charge in [-0.2, -0.15) is 0 Å². The van der Waals surface area contributed by atoms with Crippen molar-refractivity contribution in [3.05, 3.63) is 185 Å². The predicted molar refractivity (Wildman–Crippen MR) is 192 cm³/mol. The molecule has 0 bridgehead atoms. The Morgan fingerprint density at radius 2 is 1.20 bits per heavy atom. The fourth-order valence-corrected chi connectivity index (χ4v) is 7.43. The van der Waals surface area contributed by atoms with Crippen LogP contribution in [0.15, 0.2) is 157 Å². The van der Waals surface area contributed by atoms with Crippen LogP contribution in [0.3, 0.4) is 0 Å². The van der Waals surface area contributed by atoms with Gasteiger partial charge in [0.15, 0.2) is 0 Å². The van der Waals surface area contributed by atoms with Crippen molar-refractivity contribution in [3.8, 4) is 16.8 Å². The van der Waals surface area contributed by atoms with Crippen LogP contribution >= 0.6 is 0 Å². The molecule has 0 saturated carbocycles. The Hall–Kier alpha value is -5.67. The first-order chi connectivity index (χ1) is 22.6. The lowest BCUT2D eigenvalue weighted by Crippen LogP contribution is -2.15. The van der Waals surface area contributed by atoms with Gasteiger partial charge in [-0.25, -0.2) is 0 Å². The van der Waals surface area contributed by atoms with E-state index in [4.69, 9.17) is 10.3 Å². The Kier molecular flexibility index (Phi) is 5.91. The molecular weight excluding hydrogens is 558 g/mol. The van der Waals surface area contributed by atoms with Gasteiger partial charge in [-0.15, -0.1) is 5.70 Å². The molecule has 1 unspecified atom stereocenters. The van der Waals surface area contributed by atoms with E-state index in [1.165, 1.54) is 44.1 Å². The highest BCUT2D eigenvalue weighted by molar-refractivity contribution is 6.15. The monoisotopic (exact) mass is 590 g/mol. The van der Waals surface area contributed by atoms with Gasteiger partial charge in [-0.3, -0.25) is 4.99 Å². The average molecular weight is 591 g/mol. The van der Waals surface area contributed by atoms with E-state index >= 15 is 0 Å². The molecule has 0 N–H and O–H groups in total. The van der Waals surface area contributed by atoms with Crippen molar-refractivity contribution in [1.82, 2.24) is 4.57 Å². The van der Waals surface area contributed by atoms with Crippen molar-refractivity contribution in [2.75, 3.05) is 0 Å². The topological polar surface area (TPSA) is 31.4 Å². The molecule has 6 aromatic carbocycles. The molecule has 2 heterocycles. The van der Waals surface area contributed by atoms with Crippen LogP contribution in [0.4, 0.5) is 0 Å². The number of benzene rings is 6. The molecule has 1 aliphatic heterocycles. The summed E-state index contributed by atoms with van der Waals surface area (Å²) in [6.45, 7) is 4.65. The minimum absolute atomic E-state index is 0.0739. The summed E-state index contributed by atoms with van der Waals surface area (Å²) in [5.74, 6) is 0. The molecule has 1 aromatic heterocycles. The molecule has 7 aromatic rings. The molecule has 220 valence electrons. The number of aromatic nitrogens is 1. The van der Waals surface area contributed by atoms with Crippen molar-refractivity contribution < 1.29 is 0 Å². The summed E-state index contributed by atoms with van der Waals surface area (Å²) < 4.78 is 2.35. The van der Waals surface area contributed by atoms with Gasteiger partial charge in [0.2, 0.25) is 0 Å². The molecule has 0 radical (unpaired) electrons. The van der Waals surface area contributed by atoms with Crippen molar-refractivity contribution in [1.29, 1.82) is 0 Å². The second kappa shape index (κ2) is 10.2. The van der Waals surface area contributed by atoms with Crippen molar-refractivity contribution in [3.63, 3.8) is 0 Å². The molecule has 46 heavy (non-hydrogen) atoms. The lowest BCUT2D eigenvalue weighted by molar-refractivity contribution is 0.660. The van der Waals surface area contributed by atoms with Crippen LogP contribution in [0.1, 0.15) is 47.8 Å². The van der Waals surface area contributed by atoms with Crippen LogP contribution in [-0.2, 0) is 5.41 Å². The number of hydrogen-bond donors (Lipinski definition) is 0. The third-order valence-electron chi connectivity index (χ3n) is 9.77. The summed E-state index contributed by atoms with van der Waals surface area (Å²) in [7, 11) is 0. The van der Waals surface area contributed by atoms with Crippen LogP contribution in [-0.4, -0.2) is 10.3 Å². The summed E-state index contributed by atoms with van der Waals surface area (Å²) in [6.07, 6.45) is 1.85. The van der Waals surface area contributed by atoms with Gasteiger partial charge in [0, 0.05) is 28.0 Å². The molecule has 0 saturated heterocycles. The zero-order valence-corrected chi connectivity index (χ0v) is 25.9. The maximum absolute atomic E-state index is 5.22. The standard InChI is InChI=1S/C43H32N3/c1-43(2)36-17-9-6-14-32(36)33-25-22-30(26-37(33)43)39-27-38(44-42(45-39)29-12-4-3-5-13-29)28-20-23-31(24-21-28)46-40-18-10-7-15-34(40)35-16-8-11-19-41(35)46/h3-27,42H,1-2H3/q-1. The van der Waals surface area contributed by atoms with Gasteiger partial charge >= 0.3 is 0 Å². The van der Waals surface area contributed by atoms with Gasteiger partial charge in [0.05, 0.1) is 16.7 Å². The number of aliphatic imine (C=N–C) groups is 1. The molecule has 3 heteroatoms. The van der Waals surface area contributed by atoms with Crippen molar-refractivity contribution in [2.24, 2.45) is 4.99 Å². The van der Waals surface area contributed by atoms with Crippen LogP contribution in [0.25, 0.3) is 49.6 Å². The number of rotatable bonds is 4. The summed E-state index contributed by atoms with van der Waals surface area (Å²) in [6, 6.07) is 52.1. The third-order valence-corrected chi connectivity index (χ3v) is 9.77. The summed E-state index contributed by atoms with van der Waals surface area (Å²) in [4.78, 5) is 5.19. The van der Waals surface area contributed by atoms with E-state index in [-0.39, 0.29) is 11.6 Å². The van der Waals surface area contributed by atoms with E-state index in [1.807, 2.05) is 6.07 Å². The first-order valence-electron chi connectivity index (χ1n) is 16.0. The fourth-order valence-electron chi connectivity index (χ4n) is 7.43. The number of fused-ring (bicyclic) bond motifs is 6. The fraction of sp³-hybridized carbons (Fsp3) is 0.0930. The van der Waals surface area contributed by atoms with Gasteiger partial charge in [-0.1, -0.05) is 141 Å². The van der Waals surface area contributed by atoms with E-state index in [2.05, 4.69) is 164 Å². The first-order valence-corrected chi connectivity index (χ1v) is 16.0. The number of nitrogens with zero attached hydrogens (tertiary/aromatic N) is 3. The molecule has 2 aliphatic rings. The quantitative estimate of drug-likeness (QED) is 0.195. The largest absolute Gasteiger partial charge is 0.659 e. The van der Waals surface area contributed by atoms with Crippen LogP contribution in [0, 0.1) is 0 Å². The Bertz CT molecular complexity index is 2300. The highest BCUT2D eigenvalue weighted by Crippen LogP contribution is 2.50. The number of hydrogen-bond acceptors (Lipinski definition) is 1. The SMILES string of the molecule is CC1(C)c2ccccc2-c2ccc(C3=CC(c4ccc(-n5c6ccccc6c6ccccc65)cc4)=NC(c4ccccc4)[N-]3)cc21. The van der Waals surface area contributed by atoms with E-state index in [0.717, 1.165) is 33.8 Å². The summed E-state index contributed by atoms with van der Waals surface area (Å²) in [5, 5.41) is 7.74. The van der Waals surface area contributed by atoms with Crippen LogP contribution < -0.4 is 0 Å². The Labute approximate surface area is 269 Å². The number of para-hydroxylation sites is 2. The second-order valence-electron chi connectivity index (χ2n) is 12.8. The van der Waals surface area contributed by atoms with Crippen molar-refractivity contribution >= 4 is 33.2 Å². The normalized spacial score (nSPS) is 16.4. The third kappa shape index (κ3) is 4.09. The summed E-state index contributed by atoms with van der Waals surface area (Å²) >= 11 is 0. The van der Waals surface area contributed by atoms with Gasteiger partial charge in [0.1, 0.15) is 0 Å². The van der Waals surface area contributed by atoms with Crippen molar-refractivity contribution in [2.45, 2.75) is 25.4 Å². The minimum atomic E-state index is -0.313. The zero-order valence-electron chi connectivity index (χ0n) is 25.9. The molecule has 1 atom stereocenters. The Morgan fingerprint density at radius 1 is 0.587 bits per heavy atom.